The molecule has 0 radical (unpaired) electrons. The van der Waals surface area contributed by atoms with E-state index in [-0.39, 0.29) is 23.2 Å². The molecule has 1 aliphatic heterocycles. The van der Waals surface area contributed by atoms with Crippen LogP contribution in [0.5, 0.6) is 0 Å². The molecule has 0 aliphatic carbocycles. The van der Waals surface area contributed by atoms with Gasteiger partial charge in [0.2, 0.25) is 5.95 Å². The maximum Gasteiger partial charge on any atom is 0.256 e. The van der Waals surface area contributed by atoms with Gasteiger partial charge in [0.15, 0.2) is 0 Å². The summed E-state index contributed by atoms with van der Waals surface area (Å²) in [5, 5.41) is 3.06. The van der Waals surface area contributed by atoms with E-state index in [0.29, 0.717) is 24.7 Å². The van der Waals surface area contributed by atoms with Crippen molar-refractivity contribution in [3.63, 3.8) is 0 Å². The largest absolute Gasteiger partial charge is 0.338 e. The fraction of sp³-hybridized carbons (Fsp3) is 0.227. The SMILES string of the molecule is O=C(c1ccccc1F)N1CCC[C@H](c2ccnc(Nc3ccc(F)cc3)n2)C1. The van der Waals surface area contributed by atoms with E-state index in [4.69, 9.17) is 0 Å². The zero-order chi connectivity index (χ0) is 20.2. The number of rotatable bonds is 4. The summed E-state index contributed by atoms with van der Waals surface area (Å²) in [4.78, 5) is 23.2. The molecule has 1 atom stereocenters. The van der Waals surface area contributed by atoms with Gasteiger partial charge in [0, 0.05) is 30.9 Å². The minimum atomic E-state index is -0.507. The summed E-state index contributed by atoms with van der Waals surface area (Å²) in [6.07, 6.45) is 3.36. The molecule has 1 aliphatic rings. The third-order valence-electron chi connectivity index (χ3n) is 5.01. The van der Waals surface area contributed by atoms with Gasteiger partial charge in [-0.15, -0.1) is 0 Å². The number of carbonyl (C=O) groups excluding carboxylic acids is 1. The molecule has 4 rings (SSSR count). The number of carbonyl (C=O) groups is 1. The summed E-state index contributed by atoms with van der Waals surface area (Å²) >= 11 is 0. The molecule has 1 fully saturated rings. The van der Waals surface area contributed by atoms with Gasteiger partial charge in [-0.2, -0.15) is 0 Å². The lowest BCUT2D eigenvalue weighted by atomic mass is 9.94. The van der Waals surface area contributed by atoms with Crippen LogP contribution in [0.15, 0.2) is 60.8 Å². The minimum absolute atomic E-state index is 0.0382. The van der Waals surface area contributed by atoms with Crippen molar-refractivity contribution in [2.45, 2.75) is 18.8 Å². The minimum Gasteiger partial charge on any atom is -0.338 e. The molecule has 0 saturated carbocycles. The molecular formula is C22H20F2N4O. The summed E-state index contributed by atoms with van der Waals surface area (Å²) in [5.74, 6) is -0.672. The highest BCUT2D eigenvalue weighted by Crippen LogP contribution is 2.27. The summed E-state index contributed by atoms with van der Waals surface area (Å²) in [7, 11) is 0. The van der Waals surface area contributed by atoms with Crippen molar-refractivity contribution in [1.82, 2.24) is 14.9 Å². The Hall–Kier alpha value is -3.35. The van der Waals surface area contributed by atoms with E-state index < -0.39 is 5.82 Å². The van der Waals surface area contributed by atoms with Crippen LogP contribution >= 0.6 is 0 Å². The first kappa shape index (κ1) is 19.0. The quantitative estimate of drug-likeness (QED) is 0.707. The van der Waals surface area contributed by atoms with Crippen molar-refractivity contribution in [3.8, 4) is 0 Å². The second kappa shape index (κ2) is 8.34. The Morgan fingerprint density at radius 1 is 1.07 bits per heavy atom. The number of nitrogens with zero attached hydrogens (tertiary/aromatic N) is 3. The molecule has 29 heavy (non-hydrogen) atoms. The lowest BCUT2D eigenvalue weighted by Crippen LogP contribution is -2.39. The van der Waals surface area contributed by atoms with Gasteiger partial charge in [0.05, 0.1) is 11.3 Å². The Morgan fingerprint density at radius 3 is 2.66 bits per heavy atom. The van der Waals surface area contributed by atoms with Crippen LogP contribution in [0.1, 0.15) is 34.8 Å². The molecule has 1 N–H and O–H groups in total. The number of likely N-dealkylation sites (tertiary alicyclic amines) is 1. The molecule has 0 spiro atoms. The molecule has 1 amide bonds. The first-order valence-corrected chi connectivity index (χ1v) is 9.49. The van der Waals surface area contributed by atoms with Crippen LogP contribution in [0.2, 0.25) is 0 Å². The number of hydrogen-bond donors (Lipinski definition) is 1. The van der Waals surface area contributed by atoms with Gasteiger partial charge < -0.3 is 10.2 Å². The average molecular weight is 394 g/mol. The highest BCUT2D eigenvalue weighted by atomic mass is 19.1. The molecule has 0 bridgehead atoms. The molecule has 3 aromatic rings. The van der Waals surface area contributed by atoms with Gasteiger partial charge in [0.25, 0.3) is 5.91 Å². The van der Waals surface area contributed by atoms with E-state index in [9.17, 15) is 13.6 Å². The van der Waals surface area contributed by atoms with Gasteiger partial charge in [-0.25, -0.2) is 18.7 Å². The molecule has 148 valence electrons. The van der Waals surface area contributed by atoms with Crippen LogP contribution < -0.4 is 5.32 Å². The monoisotopic (exact) mass is 394 g/mol. The standard InChI is InChI=1S/C22H20F2N4O/c23-16-7-9-17(10-8-16)26-22-25-12-11-20(27-22)15-4-3-13-28(14-15)21(29)18-5-1-2-6-19(18)24/h1-2,5-12,15H,3-4,13-14H2,(H,25,26,27)/t15-/m0/s1. The molecule has 7 heteroatoms. The number of anilines is 2. The van der Waals surface area contributed by atoms with Crippen LogP contribution in [-0.4, -0.2) is 33.9 Å². The van der Waals surface area contributed by atoms with Gasteiger partial charge in [0.1, 0.15) is 11.6 Å². The second-order valence-electron chi connectivity index (χ2n) is 7.01. The highest BCUT2D eigenvalue weighted by Gasteiger charge is 2.27. The van der Waals surface area contributed by atoms with E-state index in [1.807, 2.05) is 6.07 Å². The second-order valence-corrected chi connectivity index (χ2v) is 7.01. The van der Waals surface area contributed by atoms with E-state index >= 15 is 0 Å². The van der Waals surface area contributed by atoms with Crippen molar-refractivity contribution < 1.29 is 13.6 Å². The average Bonchev–Trinajstić information content (AvgIpc) is 2.76. The number of aromatic nitrogens is 2. The van der Waals surface area contributed by atoms with Gasteiger partial charge in [-0.1, -0.05) is 12.1 Å². The van der Waals surface area contributed by atoms with Gasteiger partial charge in [-0.3, -0.25) is 4.79 Å². The number of hydrogen-bond acceptors (Lipinski definition) is 4. The van der Waals surface area contributed by atoms with Crippen molar-refractivity contribution in [2.24, 2.45) is 0 Å². The normalized spacial score (nSPS) is 16.5. The van der Waals surface area contributed by atoms with E-state index in [2.05, 4.69) is 15.3 Å². The Bertz CT molecular complexity index is 1010. The van der Waals surface area contributed by atoms with Crippen LogP contribution in [-0.2, 0) is 0 Å². The number of amides is 1. The van der Waals surface area contributed by atoms with Crippen molar-refractivity contribution in [2.75, 3.05) is 18.4 Å². The maximum atomic E-state index is 14.0. The van der Waals surface area contributed by atoms with Crippen molar-refractivity contribution >= 4 is 17.5 Å². The van der Waals surface area contributed by atoms with Gasteiger partial charge in [-0.05, 0) is 55.3 Å². The zero-order valence-electron chi connectivity index (χ0n) is 15.7. The number of nitrogens with one attached hydrogen (secondary N) is 1. The lowest BCUT2D eigenvalue weighted by molar-refractivity contribution is 0.0701. The third-order valence-corrected chi connectivity index (χ3v) is 5.01. The maximum absolute atomic E-state index is 14.0. The fourth-order valence-corrected chi connectivity index (χ4v) is 3.53. The first-order valence-electron chi connectivity index (χ1n) is 9.49. The summed E-state index contributed by atoms with van der Waals surface area (Å²) < 4.78 is 27.1. The van der Waals surface area contributed by atoms with E-state index in [1.54, 1.807) is 35.4 Å². The zero-order valence-corrected chi connectivity index (χ0v) is 15.7. The Balaban J connectivity index is 1.49. The number of halogens is 2. The van der Waals surface area contributed by atoms with E-state index in [1.165, 1.54) is 24.3 Å². The van der Waals surface area contributed by atoms with Crippen LogP contribution in [0.4, 0.5) is 20.4 Å². The van der Waals surface area contributed by atoms with Crippen molar-refractivity contribution in [3.05, 3.63) is 83.7 Å². The van der Waals surface area contributed by atoms with Crippen LogP contribution in [0.25, 0.3) is 0 Å². The Morgan fingerprint density at radius 2 is 1.86 bits per heavy atom. The molecule has 2 heterocycles. The third kappa shape index (κ3) is 4.39. The van der Waals surface area contributed by atoms with Gasteiger partial charge >= 0.3 is 0 Å². The molecule has 1 saturated heterocycles. The summed E-state index contributed by atoms with van der Waals surface area (Å²) in [6, 6.07) is 13.8. The van der Waals surface area contributed by atoms with E-state index in [0.717, 1.165) is 18.5 Å². The predicted octanol–water partition coefficient (Wildman–Crippen LogP) is 4.52. The summed E-state index contributed by atoms with van der Waals surface area (Å²) in [5.41, 5.74) is 1.59. The lowest BCUT2D eigenvalue weighted by Gasteiger charge is -2.32. The van der Waals surface area contributed by atoms with Crippen LogP contribution in [0, 0.1) is 11.6 Å². The summed E-state index contributed by atoms with van der Waals surface area (Å²) in [6.45, 7) is 1.07. The van der Waals surface area contributed by atoms with Crippen LogP contribution in [0.3, 0.4) is 0 Å². The predicted molar refractivity (Wildman–Crippen MR) is 106 cm³/mol. The molecule has 5 nitrogen and oxygen atoms in total. The number of piperidine rings is 1. The smallest absolute Gasteiger partial charge is 0.256 e. The molecule has 2 aromatic carbocycles. The number of benzene rings is 2. The molecule has 1 aromatic heterocycles. The molecular weight excluding hydrogens is 374 g/mol. The fourth-order valence-electron chi connectivity index (χ4n) is 3.53. The Kier molecular flexibility index (Phi) is 5.46. The first-order chi connectivity index (χ1) is 14.1. The topological polar surface area (TPSA) is 58.1 Å². The Labute approximate surface area is 167 Å². The molecule has 0 unspecified atom stereocenters. The highest BCUT2D eigenvalue weighted by molar-refractivity contribution is 5.94. The van der Waals surface area contributed by atoms with Crippen molar-refractivity contribution in [1.29, 1.82) is 0 Å².